The van der Waals surface area contributed by atoms with Crippen LogP contribution >= 0.6 is 0 Å². The van der Waals surface area contributed by atoms with E-state index in [1.54, 1.807) is 0 Å². The zero-order valence-corrected chi connectivity index (χ0v) is 6.18. The van der Waals surface area contributed by atoms with Crippen molar-refractivity contribution >= 4 is 11.4 Å². The Morgan fingerprint density at radius 2 is 1.42 bits per heavy atom. The lowest BCUT2D eigenvalue weighted by Crippen LogP contribution is -2.25. The second-order valence-corrected chi connectivity index (χ2v) is 2.17. The fourth-order valence-corrected chi connectivity index (χ4v) is 0.767. The molecule has 0 radical (unpaired) electrons. The lowest BCUT2D eigenvalue weighted by Gasteiger charge is -2.28. The number of hydrogen-bond acceptors (Lipinski definition) is 6. The van der Waals surface area contributed by atoms with Gasteiger partial charge in [-0.2, -0.15) is 0 Å². The molecular formula is C6H8N4O2-2. The number of benzene rings is 1. The molecule has 0 bridgehead atoms. The molecule has 0 aliphatic heterocycles. The molecule has 0 aliphatic rings. The van der Waals surface area contributed by atoms with E-state index in [0.29, 0.717) is 0 Å². The fraction of sp³-hybridized carbons (Fsp3) is 0. The molecule has 0 aliphatic carbocycles. The molecule has 0 atom stereocenters. The van der Waals surface area contributed by atoms with Crippen LogP contribution in [0.1, 0.15) is 0 Å². The van der Waals surface area contributed by atoms with Crippen molar-refractivity contribution in [3.05, 3.63) is 34.7 Å². The van der Waals surface area contributed by atoms with Gasteiger partial charge in [-0.25, -0.2) is 0 Å². The van der Waals surface area contributed by atoms with Crippen molar-refractivity contribution < 1.29 is 0 Å². The maximum absolute atomic E-state index is 10.6. The minimum atomic E-state index is 0.160. The molecule has 0 fully saturated rings. The predicted octanol–water partition coefficient (Wildman–Crippen LogP) is 0.0424. The molecule has 0 heterocycles. The van der Waals surface area contributed by atoms with E-state index in [9.17, 15) is 10.4 Å². The maximum atomic E-state index is 10.6. The van der Waals surface area contributed by atoms with Gasteiger partial charge in [-0.1, -0.05) is 6.07 Å². The summed E-state index contributed by atoms with van der Waals surface area (Å²) < 4.78 is 0. The number of nitrogens with two attached hydrogens (primary N) is 2. The highest BCUT2D eigenvalue weighted by atomic mass is 16.5. The first-order valence-corrected chi connectivity index (χ1v) is 3.15. The summed E-state index contributed by atoms with van der Waals surface area (Å²) in [6.45, 7) is 0. The van der Waals surface area contributed by atoms with Gasteiger partial charge in [0, 0.05) is 11.4 Å². The van der Waals surface area contributed by atoms with E-state index in [0.717, 1.165) is 0 Å². The largest absolute Gasteiger partial charge is 0.743 e. The topological polar surface area (TPSA) is 105 Å². The summed E-state index contributed by atoms with van der Waals surface area (Å²) in [4.78, 5) is 0. The van der Waals surface area contributed by atoms with E-state index in [2.05, 4.69) is 0 Å². The number of rotatable bonds is 2. The zero-order chi connectivity index (χ0) is 9.14. The summed E-state index contributed by atoms with van der Waals surface area (Å²) in [7, 11) is 0. The lowest BCUT2D eigenvalue weighted by atomic mass is 10.3. The second kappa shape index (κ2) is 3.37. The molecule has 0 aromatic heterocycles. The molecule has 1 aromatic rings. The third-order valence-electron chi connectivity index (χ3n) is 1.34. The molecule has 6 heteroatoms. The van der Waals surface area contributed by atoms with Crippen molar-refractivity contribution in [2.75, 3.05) is 10.3 Å². The van der Waals surface area contributed by atoms with Gasteiger partial charge in [-0.15, -0.1) is 0 Å². The number of hydrazine groups is 2. The predicted molar refractivity (Wildman–Crippen MR) is 46.5 cm³/mol. The highest BCUT2D eigenvalue weighted by Crippen LogP contribution is 2.17. The van der Waals surface area contributed by atoms with Crippen molar-refractivity contribution in [2.24, 2.45) is 11.7 Å². The molecule has 1 aromatic carbocycles. The van der Waals surface area contributed by atoms with Crippen LogP contribution in [0.5, 0.6) is 0 Å². The average Bonchev–Trinajstić information content (AvgIpc) is 2.04. The smallest absolute Gasteiger partial charge is 0.0423 e. The van der Waals surface area contributed by atoms with Crippen LogP contribution in [0.25, 0.3) is 0 Å². The standard InChI is InChI=1S/C6H8N4O2/c7-9(11)5-2-1-3-6(4-5)10(8)12/h1-4H,7-8H2/q-2. The minimum absolute atomic E-state index is 0.160. The minimum Gasteiger partial charge on any atom is -0.743 e. The summed E-state index contributed by atoms with van der Waals surface area (Å²) >= 11 is 0. The monoisotopic (exact) mass is 168 g/mol. The van der Waals surface area contributed by atoms with Crippen LogP contribution in [0.3, 0.4) is 0 Å². The summed E-state index contributed by atoms with van der Waals surface area (Å²) in [5.41, 5.74) is 0.359. The molecule has 6 nitrogen and oxygen atoms in total. The second-order valence-electron chi connectivity index (χ2n) is 2.17. The van der Waals surface area contributed by atoms with Crippen molar-refractivity contribution in [1.82, 2.24) is 0 Å². The molecule has 0 unspecified atom stereocenters. The normalized spacial score (nSPS) is 9.67. The van der Waals surface area contributed by atoms with Crippen LogP contribution in [0.2, 0.25) is 0 Å². The molecule has 12 heavy (non-hydrogen) atoms. The van der Waals surface area contributed by atoms with Gasteiger partial charge in [0.2, 0.25) is 0 Å². The van der Waals surface area contributed by atoms with Crippen LogP contribution in [0.4, 0.5) is 11.4 Å². The maximum Gasteiger partial charge on any atom is 0.0423 e. The van der Waals surface area contributed by atoms with E-state index < -0.39 is 0 Å². The molecule has 0 spiro atoms. The third-order valence-corrected chi connectivity index (χ3v) is 1.34. The van der Waals surface area contributed by atoms with Crippen LogP contribution in [-0.2, 0) is 0 Å². The van der Waals surface area contributed by atoms with Gasteiger partial charge in [0.25, 0.3) is 0 Å². The summed E-state index contributed by atoms with van der Waals surface area (Å²) in [5, 5.41) is 21.4. The molecule has 0 amide bonds. The van der Waals surface area contributed by atoms with Crippen molar-refractivity contribution in [1.29, 1.82) is 0 Å². The summed E-state index contributed by atoms with van der Waals surface area (Å²) in [6.07, 6.45) is 0. The zero-order valence-electron chi connectivity index (χ0n) is 6.18. The highest BCUT2D eigenvalue weighted by Gasteiger charge is 1.93. The van der Waals surface area contributed by atoms with Gasteiger partial charge in [-0.05, 0) is 18.2 Å². The summed E-state index contributed by atoms with van der Waals surface area (Å²) in [5.74, 6) is 9.80. The lowest BCUT2D eigenvalue weighted by molar-refractivity contribution is 1.06. The van der Waals surface area contributed by atoms with E-state index in [1.807, 2.05) is 0 Å². The molecule has 4 N–H and O–H groups in total. The van der Waals surface area contributed by atoms with Gasteiger partial charge in [-0.3, -0.25) is 11.7 Å². The first kappa shape index (κ1) is 8.75. The Balaban J connectivity index is 2.96. The van der Waals surface area contributed by atoms with Crippen LogP contribution in [0.15, 0.2) is 24.3 Å². The first-order chi connectivity index (χ1) is 5.61. The van der Waals surface area contributed by atoms with E-state index in [-0.39, 0.29) is 21.7 Å². The first-order valence-electron chi connectivity index (χ1n) is 3.15. The third kappa shape index (κ3) is 1.83. The Kier molecular flexibility index (Phi) is 2.46. The molecular weight excluding hydrogens is 160 g/mol. The van der Waals surface area contributed by atoms with Gasteiger partial charge >= 0.3 is 0 Å². The fourth-order valence-electron chi connectivity index (χ4n) is 0.767. The molecule has 0 saturated carbocycles. The Morgan fingerprint density at radius 3 is 1.75 bits per heavy atom. The van der Waals surface area contributed by atoms with Crippen LogP contribution in [0, 0.1) is 10.4 Å². The van der Waals surface area contributed by atoms with E-state index >= 15 is 0 Å². The van der Waals surface area contributed by atoms with Crippen LogP contribution in [-0.4, -0.2) is 0 Å². The Labute approximate surface area is 69.1 Å². The van der Waals surface area contributed by atoms with Crippen molar-refractivity contribution in [3.63, 3.8) is 0 Å². The molecule has 66 valence electrons. The van der Waals surface area contributed by atoms with Crippen molar-refractivity contribution in [2.45, 2.75) is 0 Å². The SMILES string of the molecule is NN([O-])c1cccc(N(N)[O-])c1. The van der Waals surface area contributed by atoms with E-state index in [1.165, 1.54) is 24.3 Å². The number of hydrogen-bond donors (Lipinski definition) is 2. The van der Waals surface area contributed by atoms with Crippen molar-refractivity contribution in [3.8, 4) is 0 Å². The molecule has 1 rings (SSSR count). The quantitative estimate of drug-likeness (QED) is 0.477. The number of nitrogens with zero attached hydrogens (tertiary/aromatic N) is 2. The van der Waals surface area contributed by atoms with Gasteiger partial charge in [0.05, 0.1) is 0 Å². The highest BCUT2D eigenvalue weighted by molar-refractivity contribution is 5.58. The molecule has 0 saturated heterocycles. The van der Waals surface area contributed by atoms with E-state index in [4.69, 9.17) is 11.7 Å². The van der Waals surface area contributed by atoms with Crippen LogP contribution < -0.4 is 22.0 Å². The Bertz CT molecular complexity index is 240. The Hall–Kier alpha value is -1.34. The summed E-state index contributed by atoms with van der Waals surface area (Å²) in [6, 6.07) is 5.75. The Morgan fingerprint density at radius 1 is 1.00 bits per heavy atom. The van der Waals surface area contributed by atoms with Gasteiger partial charge in [0.1, 0.15) is 0 Å². The van der Waals surface area contributed by atoms with Gasteiger partial charge in [0.15, 0.2) is 0 Å². The van der Waals surface area contributed by atoms with Gasteiger partial charge < -0.3 is 20.8 Å². The average molecular weight is 168 g/mol. The number of anilines is 2.